The van der Waals surface area contributed by atoms with Crippen molar-refractivity contribution in [2.24, 2.45) is 0 Å². The molecule has 142 valence electrons. The van der Waals surface area contributed by atoms with Gasteiger partial charge in [-0.2, -0.15) is 0 Å². The molecule has 2 aliphatic rings. The number of fused-ring (bicyclic) bond motifs is 3. The van der Waals surface area contributed by atoms with E-state index < -0.39 is 17.4 Å². The number of carbonyl (C=O) groups excluding carboxylic acids is 1. The maximum atomic E-state index is 12.4. The Morgan fingerprint density at radius 2 is 2.11 bits per heavy atom. The molecule has 2 aromatic rings. The molecule has 2 heterocycles. The smallest absolute Gasteiger partial charge is 0.410 e. The largest absolute Gasteiger partial charge is 0.417 e. The lowest BCUT2D eigenvalue weighted by Crippen LogP contribution is -2.53. The van der Waals surface area contributed by atoms with Crippen LogP contribution in [-0.4, -0.2) is 30.8 Å². The first-order valence-electron chi connectivity index (χ1n) is 9.20. The first kappa shape index (κ1) is 17.8. The first-order valence-corrected chi connectivity index (χ1v) is 9.20. The van der Waals surface area contributed by atoms with E-state index in [0.29, 0.717) is 18.8 Å². The highest BCUT2D eigenvalue weighted by molar-refractivity contribution is 5.87. The number of aryl methyl sites for hydroxylation is 1. The Kier molecular flexibility index (Phi) is 4.13. The van der Waals surface area contributed by atoms with Gasteiger partial charge in [-0.25, -0.2) is 4.79 Å². The van der Waals surface area contributed by atoms with Crippen LogP contribution in [0.15, 0.2) is 42.5 Å². The molecule has 2 aliphatic heterocycles. The summed E-state index contributed by atoms with van der Waals surface area (Å²) in [6.45, 7) is 4.49. The number of hydrogen-bond donors (Lipinski definition) is 2. The number of amides is 1. The number of nitrogens with zero attached hydrogens (tertiary/aromatic N) is 1. The van der Waals surface area contributed by atoms with E-state index in [2.05, 4.69) is 5.32 Å². The van der Waals surface area contributed by atoms with Gasteiger partial charge in [-0.15, -0.1) is 0 Å². The molecule has 1 saturated heterocycles. The molecule has 2 atom stereocenters. The quantitative estimate of drug-likeness (QED) is 0.866. The average molecular weight is 368 g/mol. The number of likely N-dealkylation sites (N-methyl/N-ethyl adjacent to an activating group) is 1. The number of rotatable bonds is 3. The van der Waals surface area contributed by atoms with Gasteiger partial charge in [-0.3, -0.25) is 5.32 Å². The highest BCUT2D eigenvalue weighted by Crippen LogP contribution is 2.56. The Labute approximate surface area is 158 Å². The molecule has 0 spiro atoms. The lowest BCUT2D eigenvalue weighted by atomic mass is 9.80. The second kappa shape index (κ2) is 6.25. The second-order valence-electron chi connectivity index (χ2n) is 7.30. The number of para-hydroxylation sites is 1. The normalized spacial score (nSPS) is 25.9. The van der Waals surface area contributed by atoms with Crippen LogP contribution in [0.25, 0.3) is 0 Å². The van der Waals surface area contributed by atoms with Crippen molar-refractivity contribution in [1.82, 2.24) is 0 Å². The lowest BCUT2D eigenvalue weighted by molar-refractivity contribution is -0.191. The molecule has 2 N–H and O–H groups in total. The Morgan fingerprint density at radius 1 is 1.33 bits per heavy atom. The van der Waals surface area contributed by atoms with Crippen LogP contribution in [0.1, 0.15) is 31.4 Å². The van der Waals surface area contributed by atoms with Gasteiger partial charge < -0.3 is 19.5 Å². The van der Waals surface area contributed by atoms with E-state index in [1.165, 1.54) is 0 Å². The van der Waals surface area contributed by atoms with Crippen LogP contribution in [0.5, 0.6) is 5.75 Å². The molecule has 1 fully saturated rings. The van der Waals surface area contributed by atoms with Crippen LogP contribution in [0.3, 0.4) is 0 Å². The van der Waals surface area contributed by atoms with E-state index in [1.54, 1.807) is 11.0 Å². The van der Waals surface area contributed by atoms with Gasteiger partial charge in [0, 0.05) is 18.4 Å². The fraction of sp³-hybridized carbons (Fsp3) is 0.381. The molecule has 0 bridgehead atoms. The number of ether oxygens (including phenoxy) is 2. The van der Waals surface area contributed by atoms with E-state index in [1.807, 2.05) is 57.3 Å². The fourth-order valence-corrected chi connectivity index (χ4v) is 4.17. The van der Waals surface area contributed by atoms with Gasteiger partial charge in [-0.1, -0.05) is 25.1 Å². The molecule has 0 aliphatic carbocycles. The fourth-order valence-electron chi connectivity index (χ4n) is 4.17. The van der Waals surface area contributed by atoms with Gasteiger partial charge >= 0.3 is 6.09 Å². The molecule has 6 heteroatoms. The van der Waals surface area contributed by atoms with E-state index >= 15 is 0 Å². The standard InChI is InChI=1S/C21H24N2O4/c1-4-14-7-5-6-8-17(14)22-19(24)27-15-9-10-18-16(13-15)20(2)11-12-26-21(20,25)23(18)3/h5-10,13,25H,4,11-12H2,1-3H3,(H,22,24). The van der Waals surface area contributed by atoms with Crippen molar-refractivity contribution >= 4 is 17.5 Å². The van der Waals surface area contributed by atoms with Crippen molar-refractivity contribution < 1.29 is 19.4 Å². The zero-order valence-corrected chi connectivity index (χ0v) is 15.8. The molecule has 0 saturated carbocycles. The average Bonchev–Trinajstić information content (AvgIpc) is 3.05. The van der Waals surface area contributed by atoms with Crippen molar-refractivity contribution in [3.63, 3.8) is 0 Å². The SMILES string of the molecule is CCc1ccccc1NC(=O)Oc1ccc2c(c1)C1(C)CCOC1(O)N2C. The Bertz CT molecular complexity index is 900. The zero-order valence-electron chi connectivity index (χ0n) is 15.8. The van der Waals surface area contributed by atoms with E-state index in [4.69, 9.17) is 9.47 Å². The summed E-state index contributed by atoms with van der Waals surface area (Å²) in [6.07, 6.45) is 0.976. The Hall–Kier alpha value is -2.57. The summed E-state index contributed by atoms with van der Waals surface area (Å²) in [6, 6.07) is 13.1. The zero-order chi connectivity index (χ0) is 19.2. The minimum atomic E-state index is -1.36. The summed E-state index contributed by atoms with van der Waals surface area (Å²) in [5.74, 6) is -0.929. The first-order chi connectivity index (χ1) is 12.9. The topological polar surface area (TPSA) is 71.0 Å². The molecule has 27 heavy (non-hydrogen) atoms. The molecular formula is C21H24N2O4. The van der Waals surface area contributed by atoms with Crippen molar-refractivity contribution in [2.45, 2.75) is 38.0 Å². The molecule has 2 unspecified atom stereocenters. The van der Waals surface area contributed by atoms with E-state index in [9.17, 15) is 9.90 Å². The number of benzene rings is 2. The van der Waals surface area contributed by atoms with Crippen LogP contribution < -0.4 is 15.0 Å². The van der Waals surface area contributed by atoms with E-state index in [0.717, 1.165) is 28.9 Å². The third-order valence-electron chi connectivity index (χ3n) is 5.85. The van der Waals surface area contributed by atoms with Crippen LogP contribution >= 0.6 is 0 Å². The summed E-state index contributed by atoms with van der Waals surface area (Å²) in [5, 5.41) is 13.8. The number of aliphatic hydroxyl groups is 1. The van der Waals surface area contributed by atoms with Crippen LogP contribution in [0.2, 0.25) is 0 Å². The number of hydrogen-bond acceptors (Lipinski definition) is 5. The predicted molar refractivity (Wildman–Crippen MR) is 103 cm³/mol. The van der Waals surface area contributed by atoms with Crippen LogP contribution in [0.4, 0.5) is 16.2 Å². The molecule has 0 radical (unpaired) electrons. The highest BCUT2D eigenvalue weighted by Gasteiger charge is 2.62. The third kappa shape index (κ3) is 2.59. The monoisotopic (exact) mass is 368 g/mol. The van der Waals surface area contributed by atoms with Gasteiger partial charge in [0.2, 0.25) is 0 Å². The van der Waals surface area contributed by atoms with Gasteiger partial charge in [0.25, 0.3) is 5.91 Å². The molecular weight excluding hydrogens is 344 g/mol. The maximum absolute atomic E-state index is 12.4. The summed E-state index contributed by atoms with van der Waals surface area (Å²) >= 11 is 0. The van der Waals surface area contributed by atoms with Gasteiger partial charge in [0.1, 0.15) is 5.75 Å². The number of carbonyl (C=O) groups is 1. The Balaban J connectivity index is 1.57. The van der Waals surface area contributed by atoms with Crippen LogP contribution in [-0.2, 0) is 16.6 Å². The third-order valence-corrected chi connectivity index (χ3v) is 5.85. The Morgan fingerprint density at radius 3 is 2.89 bits per heavy atom. The van der Waals surface area contributed by atoms with E-state index in [-0.39, 0.29) is 0 Å². The van der Waals surface area contributed by atoms with Crippen molar-refractivity contribution in [1.29, 1.82) is 0 Å². The predicted octanol–water partition coefficient (Wildman–Crippen LogP) is 3.63. The minimum Gasteiger partial charge on any atom is -0.410 e. The van der Waals surface area contributed by atoms with Crippen molar-refractivity contribution in [3.05, 3.63) is 53.6 Å². The summed E-state index contributed by atoms with van der Waals surface area (Å²) in [5.41, 5.74) is 3.03. The maximum Gasteiger partial charge on any atom is 0.417 e. The van der Waals surface area contributed by atoms with Gasteiger partial charge in [-0.05, 0) is 55.2 Å². The van der Waals surface area contributed by atoms with Crippen LogP contribution in [0, 0.1) is 0 Å². The van der Waals surface area contributed by atoms with Crippen molar-refractivity contribution in [2.75, 3.05) is 23.9 Å². The number of anilines is 2. The summed E-state index contributed by atoms with van der Waals surface area (Å²) in [7, 11) is 1.81. The molecule has 1 amide bonds. The number of nitrogens with one attached hydrogen (secondary N) is 1. The molecule has 4 rings (SSSR count). The second-order valence-corrected chi connectivity index (χ2v) is 7.30. The lowest BCUT2D eigenvalue weighted by Gasteiger charge is -2.36. The minimum absolute atomic E-state index is 0.436. The van der Waals surface area contributed by atoms with Gasteiger partial charge in [0.15, 0.2) is 0 Å². The van der Waals surface area contributed by atoms with Gasteiger partial charge in [0.05, 0.1) is 12.0 Å². The molecule has 6 nitrogen and oxygen atoms in total. The molecule has 0 aromatic heterocycles. The summed E-state index contributed by atoms with van der Waals surface area (Å²) < 4.78 is 11.2. The van der Waals surface area contributed by atoms with Crippen molar-refractivity contribution in [3.8, 4) is 5.75 Å². The highest BCUT2D eigenvalue weighted by atomic mass is 16.7. The molecule has 2 aromatic carbocycles. The summed E-state index contributed by atoms with van der Waals surface area (Å²) in [4.78, 5) is 14.1.